The molecule has 0 N–H and O–H groups in total. The Morgan fingerprint density at radius 2 is 2.24 bits per heavy atom. The molecule has 25 heavy (non-hydrogen) atoms. The van der Waals surface area contributed by atoms with E-state index in [-0.39, 0.29) is 11.7 Å². The molecule has 3 heterocycles. The highest BCUT2D eigenvalue weighted by atomic mass is 19.1. The van der Waals surface area contributed by atoms with Crippen molar-refractivity contribution in [3.8, 4) is 0 Å². The van der Waals surface area contributed by atoms with Crippen LogP contribution in [0.25, 0.3) is 0 Å². The van der Waals surface area contributed by atoms with Gasteiger partial charge in [-0.1, -0.05) is 0 Å². The van der Waals surface area contributed by atoms with E-state index in [2.05, 4.69) is 5.10 Å². The summed E-state index contributed by atoms with van der Waals surface area (Å²) in [7, 11) is 0. The maximum absolute atomic E-state index is 14.2. The number of hydrogen-bond donors (Lipinski definition) is 0. The summed E-state index contributed by atoms with van der Waals surface area (Å²) in [6.45, 7) is 1.86. The molecule has 2 unspecified atom stereocenters. The normalized spacial score (nSPS) is 31.1. The van der Waals surface area contributed by atoms with Gasteiger partial charge in [-0.25, -0.2) is 9.07 Å². The van der Waals surface area contributed by atoms with Crippen LogP contribution in [0.1, 0.15) is 25.7 Å². The first-order valence-electron chi connectivity index (χ1n) is 8.76. The molecule has 4 rings (SSSR count). The molecule has 0 bridgehead atoms. The molecular formula is C17H22FN3O4. The van der Waals surface area contributed by atoms with E-state index >= 15 is 0 Å². The van der Waals surface area contributed by atoms with E-state index in [0.29, 0.717) is 52.1 Å². The van der Waals surface area contributed by atoms with Crippen LogP contribution in [0, 0.1) is 0 Å². The minimum atomic E-state index is -1.68. The lowest BCUT2D eigenvalue weighted by atomic mass is 10.00. The predicted molar refractivity (Wildman–Crippen MR) is 85.8 cm³/mol. The maximum atomic E-state index is 14.2. The van der Waals surface area contributed by atoms with E-state index < -0.39 is 17.2 Å². The Labute approximate surface area is 144 Å². The van der Waals surface area contributed by atoms with Gasteiger partial charge in [-0.2, -0.15) is 5.10 Å². The van der Waals surface area contributed by atoms with Gasteiger partial charge in [0.05, 0.1) is 32.4 Å². The van der Waals surface area contributed by atoms with Crippen molar-refractivity contribution >= 4 is 5.91 Å². The second-order valence-electron chi connectivity index (χ2n) is 7.25. The summed E-state index contributed by atoms with van der Waals surface area (Å²) in [5, 5.41) is 4.06. The molecule has 0 aromatic carbocycles. The zero-order valence-electron chi connectivity index (χ0n) is 14.0. The molecule has 1 aliphatic carbocycles. The minimum absolute atomic E-state index is 0.172. The van der Waals surface area contributed by atoms with Crippen molar-refractivity contribution in [2.24, 2.45) is 0 Å². The lowest BCUT2D eigenvalue weighted by molar-refractivity contribution is -0.143. The Hall–Kier alpha value is -1.80. The second kappa shape index (κ2) is 6.17. The summed E-state index contributed by atoms with van der Waals surface area (Å²) in [5.74, 6) is -0.439. The number of carbonyl (C=O) groups excluding carboxylic acids is 1. The SMILES string of the molecule is O=C(N1CCOCC2(CCC(Cn3ncccc3=O)O2)C1)C1(F)CC1. The molecule has 1 aromatic heterocycles. The highest BCUT2D eigenvalue weighted by Crippen LogP contribution is 2.42. The van der Waals surface area contributed by atoms with Crippen molar-refractivity contribution in [1.29, 1.82) is 0 Å². The molecule has 2 saturated heterocycles. The van der Waals surface area contributed by atoms with Crippen LogP contribution in [0.2, 0.25) is 0 Å². The molecule has 3 fully saturated rings. The summed E-state index contributed by atoms with van der Waals surface area (Å²) in [5.41, 5.74) is -2.47. The van der Waals surface area contributed by atoms with Crippen LogP contribution in [0.5, 0.6) is 0 Å². The van der Waals surface area contributed by atoms with Gasteiger partial charge in [0.2, 0.25) is 0 Å². The van der Waals surface area contributed by atoms with E-state index in [4.69, 9.17) is 9.47 Å². The molecule has 0 radical (unpaired) electrons. The van der Waals surface area contributed by atoms with Crippen molar-refractivity contribution in [2.45, 2.75) is 49.6 Å². The number of carbonyl (C=O) groups is 1. The Morgan fingerprint density at radius 1 is 1.40 bits per heavy atom. The average molecular weight is 351 g/mol. The fourth-order valence-electron chi connectivity index (χ4n) is 3.65. The molecular weight excluding hydrogens is 329 g/mol. The van der Waals surface area contributed by atoms with Crippen molar-refractivity contribution in [3.05, 3.63) is 28.7 Å². The smallest absolute Gasteiger partial charge is 0.266 e. The zero-order chi connectivity index (χ0) is 17.5. The summed E-state index contributed by atoms with van der Waals surface area (Å²) in [4.78, 5) is 25.7. The Bertz CT molecular complexity index is 720. The van der Waals surface area contributed by atoms with Crippen molar-refractivity contribution in [3.63, 3.8) is 0 Å². The van der Waals surface area contributed by atoms with Gasteiger partial charge in [0.25, 0.3) is 11.5 Å². The van der Waals surface area contributed by atoms with E-state index in [9.17, 15) is 14.0 Å². The maximum Gasteiger partial charge on any atom is 0.266 e. The van der Waals surface area contributed by atoms with Gasteiger partial charge in [-0.3, -0.25) is 9.59 Å². The molecule has 1 aromatic rings. The first-order chi connectivity index (χ1) is 12.0. The Morgan fingerprint density at radius 3 is 3.00 bits per heavy atom. The standard InChI is InChI=1S/C17H22FN3O4/c18-17(5-6-17)15(23)20-8-9-24-12-16(11-20)4-3-13(25-16)10-21-14(22)2-1-7-19-21/h1-2,7,13H,3-6,8-12H2. The number of halogens is 1. The van der Waals surface area contributed by atoms with Gasteiger partial charge >= 0.3 is 0 Å². The van der Waals surface area contributed by atoms with Gasteiger partial charge in [0, 0.05) is 18.8 Å². The largest absolute Gasteiger partial charge is 0.377 e. The van der Waals surface area contributed by atoms with Crippen LogP contribution in [-0.2, 0) is 20.8 Å². The number of alkyl halides is 1. The van der Waals surface area contributed by atoms with E-state index in [1.165, 1.54) is 10.7 Å². The molecule has 2 atom stereocenters. The second-order valence-corrected chi connectivity index (χ2v) is 7.25. The van der Waals surface area contributed by atoms with Gasteiger partial charge in [0.1, 0.15) is 5.60 Å². The molecule has 2 aliphatic heterocycles. The van der Waals surface area contributed by atoms with Crippen LogP contribution >= 0.6 is 0 Å². The highest BCUT2D eigenvalue weighted by Gasteiger charge is 2.54. The van der Waals surface area contributed by atoms with Crippen LogP contribution < -0.4 is 5.56 Å². The van der Waals surface area contributed by atoms with Crippen molar-refractivity contribution < 1.29 is 18.7 Å². The van der Waals surface area contributed by atoms with Gasteiger partial charge < -0.3 is 14.4 Å². The van der Waals surface area contributed by atoms with Crippen LogP contribution in [0.3, 0.4) is 0 Å². The van der Waals surface area contributed by atoms with Gasteiger partial charge in [-0.05, 0) is 31.7 Å². The summed E-state index contributed by atoms with van der Waals surface area (Å²) in [6, 6.07) is 3.06. The number of amides is 1. The predicted octanol–water partition coefficient (Wildman–Crippen LogP) is 0.522. The third-order valence-electron chi connectivity index (χ3n) is 5.21. The monoisotopic (exact) mass is 351 g/mol. The molecule has 1 amide bonds. The van der Waals surface area contributed by atoms with Crippen LogP contribution in [0.15, 0.2) is 23.1 Å². The topological polar surface area (TPSA) is 73.7 Å². The Balaban J connectivity index is 1.45. The van der Waals surface area contributed by atoms with Crippen LogP contribution in [-0.4, -0.2) is 64.3 Å². The van der Waals surface area contributed by atoms with E-state index in [1.807, 2.05) is 0 Å². The lowest BCUT2D eigenvalue weighted by Crippen LogP contribution is -2.49. The number of ether oxygens (including phenoxy) is 2. The average Bonchev–Trinajstić information content (AvgIpc) is 3.28. The van der Waals surface area contributed by atoms with E-state index in [0.717, 1.165) is 6.42 Å². The first kappa shape index (κ1) is 16.7. The lowest BCUT2D eigenvalue weighted by Gasteiger charge is -2.32. The molecule has 8 heteroatoms. The number of nitrogens with zero attached hydrogens (tertiary/aromatic N) is 3. The van der Waals surface area contributed by atoms with Crippen LogP contribution in [0.4, 0.5) is 4.39 Å². The highest BCUT2D eigenvalue weighted by molar-refractivity contribution is 5.88. The third kappa shape index (κ3) is 3.32. The molecule has 1 saturated carbocycles. The Kier molecular flexibility index (Phi) is 4.11. The number of aromatic nitrogens is 2. The first-order valence-corrected chi connectivity index (χ1v) is 8.76. The van der Waals surface area contributed by atoms with Gasteiger partial charge in [-0.15, -0.1) is 0 Å². The zero-order valence-corrected chi connectivity index (χ0v) is 14.0. The summed E-state index contributed by atoms with van der Waals surface area (Å²) >= 11 is 0. The van der Waals surface area contributed by atoms with Gasteiger partial charge in [0.15, 0.2) is 5.67 Å². The molecule has 7 nitrogen and oxygen atoms in total. The van der Waals surface area contributed by atoms with Crippen molar-refractivity contribution in [2.75, 3.05) is 26.3 Å². The fraction of sp³-hybridized carbons (Fsp3) is 0.706. The number of rotatable bonds is 3. The molecule has 3 aliphatic rings. The minimum Gasteiger partial charge on any atom is -0.377 e. The summed E-state index contributed by atoms with van der Waals surface area (Å²) < 4.78 is 27.4. The quantitative estimate of drug-likeness (QED) is 0.794. The van der Waals surface area contributed by atoms with E-state index in [1.54, 1.807) is 17.2 Å². The fourth-order valence-corrected chi connectivity index (χ4v) is 3.65. The molecule has 136 valence electrons. The summed E-state index contributed by atoms with van der Waals surface area (Å²) in [6.07, 6.45) is 3.46. The van der Waals surface area contributed by atoms with Crippen molar-refractivity contribution in [1.82, 2.24) is 14.7 Å². The molecule has 1 spiro atoms. The third-order valence-corrected chi connectivity index (χ3v) is 5.21. The number of hydrogen-bond acceptors (Lipinski definition) is 5.